The molecule has 2 rings (SSSR count). The van der Waals surface area contributed by atoms with Gasteiger partial charge in [-0.05, 0) is 37.1 Å². The van der Waals surface area contributed by atoms with Crippen molar-refractivity contribution in [1.29, 1.82) is 0 Å². The molecule has 0 aliphatic carbocycles. The number of carbonyl (C=O) groups is 1. The number of hydrogen-bond acceptors (Lipinski definition) is 4. The molecule has 2 aromatic rings. The molecule has 0 saturated carbocycles. The SMILES string of the molecule is O=C(O)c1cccc2nc(NCCCCO)ccc12. The summed E-state index contributed by atoms with van der Waals surface area (Å²) in [5.41, 5.74) is 0.920. The van der Waals surface area contributed by atoms with E-state index in [4.69, 9.17) is 10.2 Å². The third-order valence-electron chi connectivity index (χ3n) is 2.85. The first-order valence-corrected chi connectivity index (χ1v) is 6.20. The molecule has 19 heavy (non-hydrogen) atoms. The summed E-state index contributed by atoms with van der Waals surface area (Å²) in [7, 11) is 0. The smallest absolute Gasteiger partial charge is 0.336 e. The number of nitrogens with one attached hydrogen (secondary N) is 1. The number of hydrogen-bond donors (Lipinski definition) is 3. The summed E-state index contributed by atoms with van der Waals surface area (Å²) < 4.78 is 0. The van der Waals surface area contributed by atoms with Gasteiger partial charge in [0.25, 0.3) is 0 Å². The fraction of sp³-hybridized carbons (Fsp3) is 0.286. The van der Waals surface area contributed by atoms with E-state index in [-0.39, 0.29) is 12.2 Å². The molecule has 0 atom stereocenters. The van der Waals surface area contributed by atoms with Crippen LogP contribution in [0.1, 0.15) is 23.2 Å². The third kappa shape index (κ3) is 3.20. The highest BCUT2D eigenvalue weighted by molar-refractivity contribution is 6.02. The molecule has 0 saturated heterocycles. The van der Waals surface area contributed by atoms with Gasteiger partial charge in [0.2, 0.25) is 0 Å². The highest BCUT2D eigenvalue weighted by Gasteiger charge is 2.08. The molecular weight excluding hydrogens is 244 g/mol. The Labute approximate surface area is 110 Å². The van der Waals surface area contributed by atoms with Crippen molar-refractivity contribution >= 4 is 22.7 Å². The number of aromatic nitrogens is 1. The lowest BCUT2D eigenvalue weighted by atomic mass is 10.1. The zero-order valence-corrected chi connectivity index (χ0v) is 10.5. The number of carboxylic acids is 1. The number of pyridine rings is 1. The van der Waals surface area contributed by atoms with E-state index in [0.717, 1.165) is 19.4 Å². The van der Waals surface area contributed by atoms with Gasteiger partial charge in [0, 0.05) is 18.5 Å². The summed E-state index contributed by atoms with van der Waals surface area (Å²) in [5.74, 6) is -0.232. The zero-order valence-electron chi connectivity index (χ0n) is 10.5. The molecule has 5 heteroatoms. The molecule has 0 aliphatic rings. The number of nitrogens with zero attached hydrogens (tertiary/aromatic N) is 1. The van der Waals surface area contributed by atoms with Gasteiger partial charge in [-0.25, -0.2) is 9.78 Å². The molecule has 5 nitrogen and oxygen atoms in total. The normalized spacial score (nSPS) is 10.6. The number of aliphatic hydroxyl groups excluding tert-OH is 1. The number of aromatic carboxylic acids is 1. The van der Waals surface area contributed by atoms with Crippen molar-refractivity contribution in [3.05, 3.63) is 35.9 Å². The van der Waals surface area contributed by atoms with Crippen LogP contribution in [0.5, 0.6) is 0 Å². The Bertz CT molecular complexity index is 584. The minimum atomic E-state index is -0.948. The van der Waals surface area contributed by atoms with Crippen LogP contribution >= 0.6 is 0 Å². The van der Waals surface area contributed by atoms with E-state index in [1.807, 2.05) is 0 Å². The molecule has 1 aromatic carbocycles. The zero-order chi connectivity index (χ0) is 13.7. The second-order valence-corrected chi connectivity index (χ2v) is 4.23. The van der Waals surface area contributed by atoms with E-state index in [0.29, 0.717) is 16.7 Å². The summed E-state index contributed by atoms with van der Waals surface area (Å²) in [6, 6.07) is 8.59. The van der Waals surface area contributed by atoms with Crippen LogP contribution < -0.4 is 5.32 Å². The van der Waals surface area contributed by atoms with E-state index < -0.39 is 5.97 Å². The molecule has 0 unspecified atom stereocenters. The van der Waals surface area contributed by atoms with Gasteiger partial charge in [-0.2, -0.15) is 0 Å². The summed E-state index contributed by atoms with van der Waals surface area (Å²) in [6.07, 6.45) is 1.62. The number of benzene rings is 1. The van der Waals surface area contributed by atoms with Crippen LogP contribution in [0.4, 0.5) is 5.82 Å². The molecule has 0 amide bonds. The summed E-state index contributed by atoms with van der Waals surface area (Å²) in [4.78, 5) is 15.5. The molecule has 0 radical (unpaired) electrons. The van der Waals surface area contributed by atoms with Crippen LogP contribution in [0, 0.1) is 0 Å². The average Bonchev–Trinajstić information content (AvgIpc) is 2.42. The van der Waals surface area contributed by atoms with Crippen LogP contribution in [0.25, 0.3) is 10.9 Å². The highest BCUT2D eigenvalue weighted by atomic mass is 16.4. The van der Waals surface area contributed by atoms with Crippen LogP contribution in [-0.4, -0.2) is 34.3 Å². The summed E-state index contributed by atoms with van der Waals surface area (Å²) >= 11 is 0. The fourth-order valence-electron chi connectivity index (χ4n) is 1.89. The second-order valence-electron chi connectivity index (χ2n) is 4.23. The molecule has 0 bridgehead atoms. The van der Waals surface area contributed by atoms with Crippen LogP contribution in [0.2, 0.25) is 0 Å². The van der Waals surface area contributed by atoms with Crippen molar-refractivity contribution in [3.8, 4) is 0 Å². The number of rotatable bonds is 6. The van der Waals surface area contributed by atoms with Gasteiger partial charge in [0.05, 0.1) is 11.1 Å². The average molecular weight is 260 g/mol. The first kappa shape index (κ1) is 13.3. The molecule has 1 aromatic heterocycles. The second kappa shape index (κ2) is 6.15. The Balaban J connectivity index is 2.19. The van der Waals surface area contributed by atoms with Crippen LogP contribution in [0.3, 0.4) is 0 Å². The Hall–Kier alpha value is -2.14. The lowest BCUT2D eigenvalue weighted by Crippen LogP contribution is -2.04. The predicted molar refractivity (Wildman–Crippen MR) is 73.5 cm³/mol. The Morgan fingerprint density at radius 2 is 2.05 bits per heavy atom. The molecule has 3 N–H and O–H groups in total. The minimum Gasteiger partial charge on any atom is -0.478 e. The van der Waals surface area contributed by atoms with Gasteiger partial charge in [-0.1, -0.05) is 6.07 Å². The quantitative estimate of drug-likeness (QED) is 0.693. The molecule has 0 fully saturated rings. The van der Waals surface area contributed by atoms with Crippen molar-refractivity contribution < 1.29 is 15.0 Å². The van der Waals surface area contributed by atoms with Gasteiger partial charge < -0.3 is 15.5 Å². The van der Waals surface area contributed by atoms with Gasteiger partial charge in [-0.3, -0.25) is 0 Å². The van der Waals surface area contributed by atoms with Gasteiger partial charge >= 0.3 is 5.97 Å². The lowest BCUT2D eigenvalue weighted by molar-refractivity contribution is 0.0699. The maximum atomic E-state index is 11.1. The van der Waals surface area contributed by atoms with Crippen molar-refractivity contribution in [2.45, 2.75) is 12.8 Å². The molecular formula is C14H16N2O3. The maximum absolute atomic E-state index is 11.1. The van der Waals surface area contributed by atoms with Crippen LogP contribution in [0.15, 0.2) is 30.3 Å². The van der Waals surface area contributed by atoms with Crippen molar-refractivity contribution in [1.82, 2.24) is 4.98 Å². The third-order valence-corrected chi connectivity index (χ3v) is 2.85. The summed E-state index contributed by atoms with van der Waals surface area (Å²) in [6.45, 7) is 0.923. The van der Waals surface area contributed by atoms with E-state index in [1.165, 1.54) is 0 Å². The monoisotopic (exact) mass is 260 g/mol. The van der Waals surface area contributed by atoms with E-state index in [1.54, 1.807) is 30.3 Å². The Morgan fingerprint density at radius 1 is 1.21 bits per heavy atom. The molecule has 0 spiro atoms. The molecule has 1 heterocycles. The largest absolute Gasteiger partial charge is 0.478 e. The summed E-state index contributed by atoms with van der Waals surface area (Å²) in [5, 5.41) is 21.6. The van der Waals surface area contributed by atoms with Crippen molar-refractivity contribution in [3.63, 3.8) is 0 Å². The highest BCUT2D eigenvalue weighted by Crippen LogP contribution is 2.19. The van der Waals surface area contributed by atoms with E-state index in [2.05, 4.69) is 10.3 Å². The Kier molecular flexibility index (Phi) is 4.30. The first-order valence-electron chi connectivity index (χ1n) is 6.20. The Morgan fingerprint density at radius 3 is 2.79 bits per heavy atom. The number of unbranched alkanes of at least 4 members (excludes halogenated alkanes) is 1. The number of anilines is 1. The van der Waals surface area contributed by atoms with Gasteiger partial charge in [0.1, 0.15) is 5.82 Å². The fourth-order valence-corrected chi connectivity index (χ4v) is 1.89. The molecule has 100 valence electrons. The number of fused-ring (bicyclic) bond motifs is 1. The van der Waals surface area contributed by atoms with Gasteiger partial charge in [-0.15, -0.1) is 0 Å². The van der Waals surface area contributed by atoms with Crippen molar-refractivity contribution in [2.75, 3.05) is 18.5 Å². The topological polar surface area (TPSA) is 82.5 Å². The predicted octanol–water partition coefficient (Wildman–Crippen LogP) is 2.12. The van der Waals surface area contributed by atoms with E-state index in [9.17, 15) is 4.79 Å². The van der Waals surface area contributed by atoms with E-state index >= 15 is 0 Å². The number of aliphatic hydroxyl groups is 1. The van der Waals surface area contributed by atoms with Gasteiger partial charge in [0.15, 0.2) is 0 Å². The first-order chi connectivity index (χ1) is 9.22. The number of carboxylic acid groups (broad SMARTS) is 1. The standard InChI is InChI=1S/C14H16N2O3/c17-9-2-1-8-15-13-7-6-10-11(14(18)19)4-3-5-12(10)16-13/h3-7,17H,1-2,8-9H2,(H,15,16)(H,18,19). The minimum absolute atomic E-state index is 0.189. The lowest BCUT2D eigenvalue weighted by Gasteiger charge is -2.07. The van der Waals surface area contributed by atoms with Crippen molar-refractivity contribution in [2.24, 2.45) is 0 Å². The van der Waals surface area contributed by atoms with Crippen LogP contribution in [-0.2, 0) is 0 Å². The molecule has 0 aliphatic heterocycles. The maximum Gasteiger partial charge on any atom is 0.336 e.